The standard InChI is InChI=1S/C7H9N.C6H12O3/c8-6-7-4-2-1-3-5-7;1-4(2)5(7)3-6(8)9/h1-5H,6,8H2;4-5,7H,3H2,1-2H3,(H,8,9). The highest BCUT2D eigenvalue weighted by atomic mass is 16.4. The Morgan fingerprint density at radius 2 is 1.82 bits per heavy atom. The topological polar surface area (TPSA) is 83.5 Å². The summed E-state index contributed by atoms with van der Waals surface area (Å²) in [6.07, 6.45) is -0.861. The number of aliphatic hydroxyl groups is 1. The third kappa shape index (κ3) is 8.42. The molecule has 0 aliphatic heterocycles. The van der Waals surface area contributed by atoms with Crippen molar-refractivity contribution < 1.29 is 15.0 Å². The Kier molecular flexibility index (Phi) is 8.01. The third-order valence-electron chi connectivity index (χ3n) is 2.23. The highest BCUT2D eigenvalue weighted by Gasteiger charge is 2.12. The van der Waals surface area contributed by atoms with Crippen LogP contribution in [0, 0.1) is 5.92 Å². The van der Waals surface area contributed by atoms with E-state index in [4.69, 9.17) is 15.9 Å². The monoisotopic (exact) mass is 239 g/mol. The van der Waals surface area contributed by atoms with Crippen LogP contribution in [0.1, 0.15) is 25.8 Å². The molecule has 4 N–H and O–H groups in total. The number of carboxylic acids is 1. The van der Waals surface area contributed by atoms with Gasteiger partial charge >= 0.3 is 5.97 Å². The van der Waals surface area contributed by atoms with Crippen LogP contribution in [-0.2, 0) is 11.3 Å². The fraction of sp³-hybridized carbons (Fsp3) is 0.462. The van der Waals surface area contributed by atoms with Crippen LogP contribution in [0.3, 0.4) is 0 Å². The van der Waals surface area contributed by atoms with Crippen molar-refractivity contribution >= 4 is 5.97 Å². The fourth-order valence-electron chi connectivity index (χ4n) is 1.03. The molecular weight excluding hydrogens is 218 g/mol. The van der Waals surface area contributed by atoms with Crippen LogP contribution >= 0.6 is 0 Å². The van der Waals surface area contributed by atoms with E-state index in [1.807, 2.05) is 30.3 Å². The maximum absolute atomic E-state index is 9.95. The average molecular weight is 239 g/mol. The largest absolute Gasteiger partial charge is 0.481 e. The minimum Gasteiger partial charge on any atom is -0.481 e. The van der Waals surface area contributed by atoms with Crippen LogP contribution < -0.4 is 5.73 Å². The van der Waals surface area contributed by atoms with Crippen molar-refractivity contribution in [3.05, 3.63) is 35.9 Å². The molecule has 0 bridgehead atoms. The van der Waals surface area contributed by atoms with E-state index < -0.39 is 12.1 Å². The van der Waals surface area contributed by atoms with Gasteiger partial charge in [-0.1, -0.05) is 44.2 Å². The number of rotatable bonds is 4. The summed E-state index contributed by atoms with van der Waals surface area (Å²) < 4.78 is 0. The SMILES string of the molecule is CC(C)C(O)CC(=O)O.NCc1ccccc1. The number of nitrogens with two attached hydrogens (primary N) is 1. The Morgan fingerprint density at radius 3 is 2.06 bits per heavy atom. The lowest BCUT2D eigenvalue weighted by molar-refractivity contribution is -0.139. The molecule has 0 aromatic heterocycles. The Balaban J connectivity index is 0.000000302. The summed E-state index contributed by atoms with van der Waals surface area (Å²) in [5, 5.41) is 17.1. The minimum absolute atomic E-state index is 0.0288. The van der Waals surface area contributed by atoms with Crippen molar-refractivity contribution in [3.8, 4) is 0 Å². The number of carbonyl (C=O) groups is 1. The van der Waals surface area contributed by atoms with Crippen molar-refractivity contribution in [2.45, 2.75) is 32.9 Å². The van der Waals surface area contributed by atoms with E-state index in [1.54, 1.807) is 13.8 Å². The van der Waals surface area contributed by atoms with E-state index >= 15 is 0 Å². The summed E-state index contributed by atoms with van der Waals surface area (Å²) >= 11 is 0. The second kappa shape index (κ2) is 8.73. The number of aliphatic carboxylic acids is 1. The first kappa shape index (κ1) is 15.6. The Hall–Kier alpha value is -1.39. The predicted octanol–water partition coefficient (Wildman–Crippen LogP) is 1.62. The first-order valence-electron chi connectivity index (χ1n) is 5.61. The molecule has 96 valence electrons. The maximum atomic E-state index is 9.95. The van der Waals surface area contributed by atoms with Crippen molar-refractivity contribution in [2.75, 3.05) is 0 Å². The van der Waals surface area contributed by atoms with E-state index in [2.05, 4.69) is 0 Å². The van der Waals surface area contributed by atoms with Gasteiger partial charge in [-0.2, -0.15) is 0 Å². The Morgan fingerprint density at radius 1 is 1.29 bits per heavy atom. The zero-order valence-electron chi connectivity index (χ0n) is 10.3. The molecule has 1 aromatic carbocycles. The smallest absolute Gasteiger partial charge is 0.305 e. The molecule has 0 saturated heterocycles. The van der Waals surface area contributed by atoms with Crippen molar-refractivity contribution in [2.24, 2.45) is 11.7 Å². The Labute approximate surface area is 102 Å². The highest BCUT2D eigenvalue weighted by Crippen LogP contribution is 2.04. The first-order chi connectivity index (χ1) is 7.97. The molecule has 0 aliphatic carbocycles. The molecule has 0 saturated carbocycles. The molecule has 0 fully saturated rings. The number of carboxylic acid groups (broad SMARTS) is 1. The lowest BCUT2D eigenvalue weighted by Gasteiger charge is -2.10. The molecule has 0 radical (unpaired) electrons. The summed E-state index contributed by atoms with van der Waals surface area (Å²) in [7, 11) is 0. The van der Waals surface area contributed by atoms with E-state index in [0.717, 1.165) is 0 Å². The summed E-state index contributed by atoms with van der Waals surface area (Å²) in [6.45, 7) is 4.21. The van der Waals surface area contributed by atoms with Gasteiger partial charge in [0.15, 0.2) is 0 Å². The predicted molar refractivity (Wildman–Crippen MR) is 67.4 cm³/mol. The lowest BCUT2D eigenvalue weighted by Crippen LogP contribution is -2.18. The third-order valence-corrected chi connectivity index (χ3v) is 2.23. The molecule has 1 atom stereocenters. The first-order valence-corrected chi connectivity index (χ1v) is 5.61. The van der Waals surface area contributed by atoms with Gasteiger partial charge in [0.1, 0.15) is 0 Å². The van der Waals surface area contributed by atoms with Gasteiger partial charge in [0.2, 0.25) is 0 Å². The van der Waals surface area contributed by atoms with Gasteiger partial charge in [0.25, 0.3) is 0 Å². The molecule has 17 heavy (non-hydrogen) atoms. The van der Waals surface area contributed by atoms with E-state index in [-0.39, 0.29) is 12.3 Å². The molecule has 0 spiro atoms. The van der Waals surface area contributed by atoms with E-state index in [0.29, 0.717) is 6.54 Å². The molecule has 4 heteroatoms. The maximum Gasteiger partial charge on any atom is 0.305 e. The minimum atomic E-state index is -0.948. The average Bonchev–Trinajstić information content (AvgIpc) is 2.30. The molecule has 1 rings (SSSR count). The van der Waals surface area contributed by atoms with Crippen molar-refractivity contribution in [1.82, 2.24) is 0 Å². The van der Waals surface area contributed by atoms with Gasteiger partial charge in [-0.05, 0) is 11.5 Å². The number of benzene rings is 1. The lowest BCUT2D eigenvalue weighted by atomic mass is 10.1. The second-order valence-corrected chi connectivity index (χ2v) is 4.10. The normalized spacial score (nSPS) is 11.6. The van der Waals surface area contributed by atoms with Gasteiger partial charge in [-0.15, -0.1) is 0 Å². The number of hydrogen-bond acceptors (Lipinski definition) is 3. The van der Waals surface area contributed by atoms with Crippen LogP contribution in [0.25, 0.3) is 0 Å². The van der Waals surface area contributed by atoms with Crippen LogP contribution in [-0.4, -0.2) is 22.3 Å². The summed E-state index contributed by atoms with van der Waals surface area (Å²) in [5.41, 5.74) is 6.54. The van der Waals surface area contributed by atoms with Gasteiger partial charge in [0, 0.05) is 6.54 Å². The molecule has 1 aromatic rings. The van der Waals surface area contributed by atoms with Crippen molar-refractivity contribution in [3.63, 3.8) is 0 Å². The molecule has 0 amide bonds. The summed E-state index contributed by atoms with van der Waals surface area (Å²) in [5.74, 6) is -0.919. The van der Waals surface area contributed by atoms with Crippen LogP contribution in [0.2, 0.25) is 0 Å². The van der Waals surface area contributed by atoms with Gasteiger partial charge in [-0.25, -0.2) is 0 Å². The molecule has 0 aliphatic rings. The summed E-state index contributed by atoms with van der Waals surface area (Å²) in [4.78, 5) is 9.95. The molecule has 0 heterocycles. The number of hydrogen-bond donors (Lipinski definition) is 3. The zero-order valence-corrected chi connectivity index (χ0v) is 10.3. The van der Waals surface area contributed by atoms with Crippen LogP contribution in [0.15, 0.2) is 30.3 Å². The highest BCUT2D eigenvalue weighted by molar-refractivity contribution is 5.67. The number of aliphatic hydroxyl groups excluding tert-OH is 1. The van der Waals surface area contributed by atoms with Crippen molar-refractivity contribution in [1.29, 1.82) is 0 Å². The second-order valence-electron chi connectivity index (χ2n) is 4.10. The molecular formula is C13H21NO3. The summed E-state index contributed by atoms with van der Waals surface area (Å²) in [6, 6.07) is 9.99. The van der Waals surface area contributed by atoms with Gasteiger partial charge in [0.05, 0.1) is 12.5 Å². The van der Waals surface area contributed by atoms with Gasteiger partial charge < -0.3 is 15.9 Å². The van der Waals surface area contributed by atoms with Crippen LogP contribution in [0.5, 0.6) is 0 Å². The molecule has 1 unspecified atom stereocenters. The zero-order chi connectivity index (χ0) is 13.3. The molecule has 4 nitrogen and oxygen atoms in total. The van der Waals surface area contributed by atoms with E-state index in [9.17, 15) is 4.79 Å². The van der Waals surface area contributed by atoms with Gasteiger partial charge in [-0.3, -0.25) is 4.79 Å². The quantitative estimate of drug-likeness (QED) is 0.745. The Bertz CT molecular complexity index is 312. The van der Waals surface area contributed by atoms with E-state index in [1.165, 1.54) is 5.56 Å². The fourth-order valence-corrected chi connectivity index (χ4v) is 1.03. The van der Waals surface area contributed by atoms with Crippen LogP contribution in [0.4, 0.5) is 0 Å².